The van der Waals surface area contributed by atoms with Crippen LogP contribution in [0.3, 0.4) is 0 Å². The van der Waals surface area contributed by atoms with E-state index in [2.05, 4.69) is 4.90 Å². The number of morpholine rings is 1. The third-order valence-electron chi connectivity index (χ3n) is 4.00. The fraction of sp³-hybridized carbons (Fsp3) is 0.579. The topological polar surface area (TPSA) is 66.8 Å². The summed E-state index contributed by atoms with van der Waals surface area (Å²) in [6, 6.07) is 7.87. The highest BCUT2D eigenvalue weighted by Gasteiger charge is 2.35. The first kappa shape index (κ1) is 21.8. The first-order valence-corrected chi connectivity index (χ1v) is 9.54. The standard InChI is InChI=1S/C15H21NO2S.C4H8O2/c1-15(2,16-8-10-18-11-9-16)14(17)12-4-6-13(19-3)7-5-12;1-4(2,6)3-5/h4-7H,8-11H2,1-3H3;3,6H,1-2H3. The summed E-state index contributed by atoms with van der Waals surface area (Å²) in [5.74, 6) is 0.182. The number of ketones is 1. The van der Waals surface area contributed by atoms with E-state index in [1.54, 1.807) is 11.8 Å². The molecule has 0 saturated carbocycles. The highest BCUT2D eigenvalue weighted by atomic mass is 32.2. The third kappa shape index (κ3) is 6.90. The zero-order valence-corrected chi connectivity index (χ0v) is 16.6. The molecule has 0 radical (unpaired) electrons. The number of carbonyl (C=O) groups excluding carboxylic acids is 2. The second kappa shape index (κ2) is 9.48. The smallest absolute Gasteiger partial charge is 0.182 e. The largest absolute Gasteiger partial charge is 0.383 e. The number of rotatable bonds is 5. The number of hydrogen-bond donors (Lipinski definition) is 1. The van der Waals surface area contributed by atoms with Gasteiger partial charge in [-0.2, -0.15) is 0 Å². The van der Waals surface area contributed by atoms with Gasteiger partial charge in [-0.25, -0.2) is 0 Å². The number of benzene rings is 1. The van der Waals surface area contributed by atoms with Gasteiger partial charge in [0.15, 0.2) is 12.1 Å². The molecule has 6 heteroatoms. The van der Waals surface area contributed by atoms with Crippen molar-refractivity contribution in [1.29, 1.82) is 0 Å². The zero-order chi connectivity index (χ0) is 19.1. The second-order valence-corrected chi connectivity index (χ2v) is 7.87. The molecule has 1 N–H and O–H groups in total. The van der Waals surface area contributed by atoms with Crippen molar-refractivity contribution >= 4 is 23.8 Å². The summed E-state index contributed by atoms with van der Waals surface area (Å²) in [5, 5.41) is 8.46. The van der Waals surface area contributed by atoms with Crippen LogP contribution in [0.5, 0.6) is 0 Å². The monoisotopic (exact) mass is 367 g/mol. The average molecular weight is 368 g/mol. The van der Waals surface area contributed by atoms with E-state index in [1.165, 1.54) is 18.7 Å². The van der Waals surface area contributed by atoms with Crippen molar-refractivity contribution in [3.05, 3.63) is 29.8 Å². The molecule has 0 aromatic heterocycles. The quantitative estimate of drug-likeness (QED) is 0.490. The van der Waals surface area contributed by atoms with Gasteiger partial charge in [0.25, 0.3) is 0 Å². The average Bonchev–Trinajstić information content (AvgIpc) is 2.62. The Balaban J connectivity index is 0.000000450. The van der Waals surface area contributed by atoms with Gasteiger partial charge >= 0.3 is 0 Å². The van der Waals surface area contributed by atoms with Crippen LogP contribution in [0.15, 0.2) is 29.2 Å². The SMILES string of the molecule is CC(C)(O)C=O.CSc1ccc(C(=O)C(C)(C)N2CCOCC2)cc1. The van der Waals surface area contributed by atoms with Crippen molar-refractivity contribution in [3.63, 3.8) is 0 Å². The van der Waals surface area contributed by atoms with Gasteiger partial charge in [-0.1, -0.05) is 12.1 Å². The van der Waals surface area contributed by atoms with Crippen molar-refractivity contribution < 1.29 is 19.4 Å². The van der Waals surface area contributed by atoms with E-state index in [1.807, 2.05) is 44.4 Å². The molecule has 2 rings (SSSR count). The van der Waals surface area contributed by atoms with Crippen LogP contribution in [0.2, 0.25) is 0 Å². The Bertz CT molecular complexity index is 558. The normalized spacial score (nSPS) is 15.9. The highest BCUT2D eigenvalue weighted by Crippen LogP contribution is 2.23. The molecule has 5 nitrogen and oxygen atoms in total. The Labute approximate surface area is 154 Å². The Kier molecular flexibility index (Phi) is 8.28. The van der Waals surface area contributed by atoms with Crippen molar-refractivity contribution in [2.45, 2.75) is 43.7 Å². The fourth-order valence-electron chi connectivity index (χ4n) is 2.36. The van der Waals surface area contributed by atoms with Crippen LogP contribution in [-0.2, 0) is 9.53 Å². The first-order valence-electron chi connectivity index (χ1n) is 8.32. The Morgan fingerprint density at radius 2 is 1.64 bits per heavy atom. The van der Waals surface area contributed by atoms with Crippen molar-refractivity contribution in [2.75, 3.05) is 32.6 Å². The lowest BCUT2D eigenvalue weighted by Crippen LogP contribution is -2.54. The van der Waals surface area contributed by atoms with Crippen molar-refractivity contribution in [3.8, 4) is 0 Å². The van der Waals surface area contributed by atoms with E-state index >= 15 is 0 Å². The van der Waals surface area contributed by atoms with Gasteiger partial charge in [-0.3, -0.25) is 9.69 Å². The Morgan fingerprint density at radius 1 is 1.16 bits per heavy atom. The van der Waals surface area contributed by atoms with Gasteiger partial charge in [-0.15, -0.1) is 11.8 Å². The lowest BCUT2D eigenvalue weighted by Gasteiger charge is -2.39. The summed E-state index contributed by atoms with van der Waals surface area (Å²) in [6.07, 6.45) is 2.53. The summed E-state index contributed by atoms with van der Waals surface area (Å²) in [7, 11) is 0. The molecular weight excluding hydrogens is 338 g/mol. The molecule has 0 spiro atoms. The van der Waals surface area contributed by atoms with Gasteiger partial charge < -0.3 is 14.6 Å². The summed E-state index contributed by atoms with van der Waals surface area (Å²) in [6.45, 7) is 9.93. The molecule has 1 saturated heterocycles. The molecule has 0 amide bonds. The molecule has 0 unspecified atom stereocenters. The second-order valence-electron chi connectivity index (χ2n) is 6.99. The Morgan fingerprint density at radius 3 is 2.04 bits per heavy atom. The number of nitrogens with zero attached hydrogens (tertiary/aromatic N) is 1. The molecular formula is C19H29NO4S. The minimum atomic E-state index is -1.14. The molecule has 140 valence electrons. The number of Topliss-reactive ketones (excluding diaryl/α,β-unsaturated/α-hetero) is 1. The van der Waals surface area contributed by atoms with Crippen LogP contribution in [-0.4, -0.2) is 65.8 Å². The minimum absolute atomic E-state index is 0.182. The molecule has 1 aromatic carbocycles. The summed E-state index contributed by atoms with van der Waals surface area (Å²) in [5.41, 5.74) is -0.820. The lowest BCUT2D eigenvalue weighted by atomic mass is 9.91. The number of thioether (sulfide) groups is 1. The highest BCUT2D eigenvalue weighted by molar-refractivity contribution is 7.98. The van der Waals surface area contributed by atoms with Gasteiger partial charge in [0.05, 0.1) is 18.8 Å². The first-order chi connectivity index (χ1) is 11.6. The molecule has 25 heavy (non-hydrogen) atoms. The van der Waals surface area contributed by atoms with Crippen LogP contribution in [0.25, 0.3) is 0 Å². The molecule has 0 atom stereocenters. The Hall–Kier alpha value is -1.21. The zero-order valence-electron chi connectivity index (χ0n) is 15.7. The van der Waals surface area contributed by atoms with Crippen molar-refractivity contribution in [1.82, 2.24) is 4.90 Å². The summed E-state index contributed by atoms with van der Waals surface area (Å²) < 4.78 is 5.35. The number of aldehydes is 1. The van der Waals surface area contributed by atoms with E-state index in [0.29, 0.717) is 19.5 Å². The van der Waals surface area contributed by atoms with Gasteiger partial charge in [0.2, 0.25) is 0 Å². The van der Waals surface area contributed by atoms with E-state index in [0.717, 1.165) is 18.7 Å². The van der Waals surface area contributed by atoms with Crippen LogP contribution in [0.1, 0.15) is 38.1 Å². The maximum absolute atomic E-state index is 12.7. The van der Waals surface area contributed by atoms with Crippen molar-refractivity contribution in [2.24, 2.45) is 0 Å². The third-order valence-corrected chi connectivity index (χ3v) is 4.74. The van der Waals surface area contributed by atoms with Crippen LogP contribution in [0.4, 0.5) is 0 Å². The van der Waals surface area contributed by atoms with E-state index in [-0.39, 0.29) is 5.78 Å². The maximum atomic E-state index is 12.7. The number of hydrogen-bond acceptors (Lipinski definition) is 6. The predicted molar refractivity (Wildman–Crippen MR) is 101 cm³/mol. The van der Waals surface area contributed by atoms with Crippen LogP contribution < -0.4 is 0 Å². The minimum Gasteiger partial charge on any atom is -0.383 e. The van der Waals surface area contributed by atoms with Crippen LogP contribution >= 0.6 is 11.8 Å². The van der Waals surface area contributed by atoms with Gasteiger partial charge in [0.1, 0.15) is 5.60 Å². The van der Waals surface area contributed by atoms with E-state index in [9.17, 15) is 9.59 Å². The lowest BCUT2D eigenvalue weighted by molar-refractivity contribution is -0.120. The molecule has 0 aliphatic carbocycles. The van der Waals surface area contributed by atoms with E-state index in [4.69, 9.17) is 9.84 Å². The number of ether oxygens (including phenoxy) is 1. The molecule has 0 bridgehead atoms. The van der Waals surface area contributed by atoms with E-state index < -0.39 is 11.1 Å². The molecule has 1 fully saturated rings. The number of aliphatic hydroxyl groups is 1. The molecule has 1 aliphatic rings. The van der Waals surface area contributed by atoms with Gasteiger partial charge in [0, 0.05) is 23.5 Å². The summed E-state index contributed by atoms with van der Waals surface area (Å²) in [4.78, 5) is 25.6. The van der Waals surface area contributed by atoms with Gasteiger partial charge in [-0.05, 0) is 46.1 Å². The fourth-order valence-corrected chi connectivity index (χ4v) is 2.77. The predicted octanol–water partition coefficient (Wildman–Crippen LogP) is 2.66. The summed E-state index contributed by atoms with van der Waals surface area (Å²) >= 11 is 1.69. The molecule has 1 aromatic rings. The molecule has 1 heterocycles. The molecule has 1 aliphatic heterocycles. The number of carbonyl (C=O) groups is 2. The van der Waals surface area contributed by atoms with Crippen LogP contribution in [0, 0.1) is 0 Å². The maximum Gasteiger partial charge on any atom is 0.182 e.